The second-order valence-electron chi connectivity index (χ2n) is 14.5. The monoisotopic (exact) mass is 860 g/mol. The summed E-state index contributed by atoms with van der Waals surface area (Å²) < 4.78 is 12.7. The Morgan fingerprint density at radius 1 is 0.556 bits per heavy atom. The van der Waals surface area contributed by atoms with Crippen molar-refractivity contribution in [2.24, 2.45) is 4.99 Å². The number of anilines is 1. The van der Waals surface area contributed by atoms with Crippen LogP contribution in [-0.4, -0.2) is 46.8 Å². The van der Waals surface area contributed by atoms with Crippen LogP contribution in [-0.2, 0) is 0 Å². The molecule has 0 saturated carbocycles. The fraction of sp³-hybridized carbons (Fsp3) is 0.0392. The highest BCUT2D eigenvalue weighted by Crippen LogP contribution is 2.47. The number of ether oxygens (including phenoxy) is 2. The second-order valence-corrected chi connectivity index (χ2v) is 16.5. The Bertz CT molecular complexity index is 3210. The number of hydrogen-bond acceptors (Lipinski definition) is 9. The molecule has 2 amide bonds. The van der Waals surface area contributed by atoms with Gasteiger partial charge in [0.05, 0.1) is 57.2 Å². The number of nitrogens with zero attached hydrogens (tertiary/aromatic N) is 3. The minimum atomic E-state index is -0.338. The Kier molecular flexibility index (Phi) is 10.5. The lowest BCUT2D eigenvalue weighted by Gasteiger charge is -2.10. The Labute approximate surface area is 370 Å². The zero-order valence-corrected chi connectivity index (χ0v) is 35.5. The topological polar surface area (TPSA) is 131 Å². The number of carbonyl (C=O) groups is 2. The number of fused-ring (bicyclic) bond motifs is 2. The molecule has 3 aromatic heterocycles. The fourth-order valence-electron chi connectivity index (χ4n) is 7.56. The van der Waals surface area contributed by atoms with E-state index in [2.05, 4.69) is 15.6 Å². The molecule has 0 fully saturated rings. The van der Waals surface area contributed by atoms with Gasteiger partial charge >= 0.3 is 0 Å². The van der Waals surface area contributed by atoms with E-state index in [1.807, 2.05) is 115 Å². The van der Waals surface area contributed by atoms with E-state index in [1.54, 1.807) is 74.1 Å². The number of aromatic nitrogens is 3. The van der Waals surface area contributed by atoms with Crippen molar-refractivity contribution in [3.05, 3.63) is 191 Å². The maximum absolute atomic E-state index is 14.1. The lowest BCUT2D eigenvalue weighted by Crippen LogP contribution is -2.30. The molecule has 0 unspecified atom stereocenters. The number of aromatic amines is 1. The summed E-state index contributed by atoms with van der Waals surface area (Å²) in [4.78, 5) is 47.2. The average Bonchev–Trinajstić information content (AvgIpc) is 4.12. The van der Waals surface area contributed by atoms with E-state index in [0.717, 1.165) is 53.3 Å². The number of hydrogen-bond donors (Lipinski definition) is 3. The minimum Gasteiger partial charge on any atom is -0.497 e. The summed E-state index contributed by atoms with van der Waals surface area (Å²) in [5.74, 6) is 1.45. The lowest BCUT2D eigenvalue weighted by molar-refractivity contribution is 0.0976. The van der Waals surface area contributed by atoms with Crippen LogP contribution in [0.1, 0.15) is 37.0 Å². The van der Waals surface area contributed by atoms with Crippen molar-refractivity contribution in [1.29, 1.82) is 0 Å². The van der Waals surface area contributed by atoms with Crippen LogP contribution in [0.3, 0.4) is 0 Å². The van der Waals surface area contributed by atoms with Gasteiger partial charge in [-0.2, -0.15) is 0 Å². The number of H-pyrrole nitrogens is 1. The third-order valence-corrected chi connectivity index (χ3v) is 12.7. The summed E-state index contributed by atoms with van der Waals surface area (Å²) in [6.07, 6.45) is 1.98. The van der Waals surface area contributed by atoms with Crippen LogP contribution >= 0.6 is 22.7 Å². The molecule has 10 rings (SSSR count). The molecule has 0 spiro atoms. The molecule has 0 aliphatic carbocycles. The number of amidine groups is 1. The quantitative estimate of drug-likeness (QED) is 0.126. The molecule has 3 N–H and O–H groups in total. The number of carbonyl (C=O) groups excluding carboxylic acids is 2. The number of amides is 2. The Hall–Kier alpha value is -7.93. The van der Waals surface area contributed by atoms with Gasteiger partial charge in [-0.05, 0) is 90.0 Å². The van der Waals surface area contributed by atoms with Gasteiger partial charge in [-0.3, -0.25) is 9.59 Å². The minimum absolute atomic E-state index is 0.314. The third kappa shape index (κ3) is 7.69. The van der Waals surface area contributed by atoms with Gasteiger partial charge in [0.15, 0.2) is 0 Å². The molecule has 0 bridgehead atoms. The zero-order chi connectivity index (χ0) is 42.9. The fourth-order valence-corrected chi connectivity index (χ4v) is 9.61. The maximum atomic E-state index is 14.1. The van der Waals surface area contributed by atoms with Crippen molar-refractivity contribution < 1.29 is 19.1 Å². The maximum Gasteiger partial charge on any atom is 0.256 e. The average molecular weight is 861 g/mol. The van der Waals surface area contributed by atoms with Crippen molar-refractivity contribution >= 4 is 83.8 Å². The number of para-hydroxylation sites is 2. The standard InChI is InChI=1S/C51H36N6O4S2/c1-60-34-25-21-32(22-26-34)48(58)56-46-44(50-54-36-17-9-11-19-40(36)62-50)42(30-13-5-3-6-14-30)38(52-46)29-39-43(31-15-7-4-8-16-31)45(51-55-37-18-10-12-20-41(37)63-51)47(53-39)57-49(59)33-23-27-35(61-2)28-24-33/h3-29,52H,1-2H3,(H,56,58)(H,53,57,59). The van der Waals surface area contributed by atoms with Crippen LogP contribution in [0.2, 0.25) is 0 Å². The van der Waals surface area contributed by atoms with E-state index in [9.17, 15) is 9.59 Å². The number of aliphatic imine (C=N–C) groups is 1. The number of methoxy groups -OCH3 is 2. The molecule has 1 aliphatic heterocycles. The predicted molar refractivity (Wildman–Crippen MR) is 255 cm³/mol. The molecule has 0 saturated heterocycles. The number of thiazole rings is 2. The predicted octanol–water partition coefficient (Wildman–Crippen LogP) is 11.6. The molecule has 4 heterocycles. The van der Waals surface area contributed by atoms with Crippen molar-refractivity contribution in [2.45, 2.75) is 0 Å². The van der Waals surface area contributed by atoms with E-state index in [1.165, 1.54) is 11.3 Å². The van der Waals surface area contributed by atoms with Crippen LogP contribution in [0.4, 0.5) is 5.82 Å². The zero-order valence-electron chi connectivity index (χ0n) is 33.9. The van der Waals surface area contributed by atoms with Gasteiger partial charge in [0, 0.05) is 22.3 Å². The van der Waals surface area contributed by atoms with Gasteiger partial charge in [-0.1, -0.05) is 84.9 Å². The lowest BCUT2D eigenvalue weighted by atomic mass is 9.96. The molecule has 9 aromatic rings. The van der Waals surface area contributed by atoms with E-state index in [4.69, 9.17) is 24.4 Å². The molecule has 6 aromatic carbocycles. The third-order valence-electron chi connectivity index (χ3n) is 10.6. The molecular formula is C51H36N6O4S2. The molecule has 306 valence electrons. The molecule has 10 nitrogen and oxygen atoms in total. The molecule has 0 atom stereocenters. The molecule has 1 aliphatic rings. The second kappa shape index (κ2) is 16.8. The summed E-state index contributed by atoms with van der Waals surface area (Å²) >= 11 is 3.07. The highest BCUT2D eigenvalue weighted by atomic mass is 32.1. The summed E-state index contributed by atoms with van der Waals surface area (Å²) in [5, 5.41) is 7.77. The largest absolute Gasteiger partial charge is 0.497 e. The number of nitrogens with one attached hydrogen (secondary N) is 3. The Morgan fingerprint density at radius 2 is 1.06 bits per heavy atom. The summed E-state index contributed by atoms with van der Waals surface area (Å²) in [6, 6.07) is 49.8. The highest BCUT2D eigenvalue weighted by molar-refractivity contribution is 7.21. The van der Waals surface area contributed by atoms with E-state index < -0.39 is 0 Å². The van der Waals surface area contributed by atoms with E-state index in [-0.39, 0.29) is 11.8 Å². The first-order valence-electron chi connectivity index (χ1n) is 20.0. The van der Waals surface area contributed by atoms with Crippen LogP contribution in [0, 0.1) is 0 Å². The summed E-state index contributed by atoms with van der Waals surface area (Å²) in [5.41, 5.74) is 8.58. The first-order valence-corrected chi connectivity index (χ1v) is 21.6. The van der Waals surface area contributed by atoms with E-state index in [0.29, 0.717) is 56.3 Å². The van der Waals surface area contributed by atoms with Gasteiger partial charge in [-0.25, -0.2) is 15.0 Å². The molecule has 12 heteroatoms. The van der Waals surface area contributed by atoms with Gasteiger partial charge in [0.2, 0.25) is 0 Å². The van der Waals surface area contributed by atoms with Crippen LogP contribution < -0.4 is 20.1 Å². The van der Waals surface area contributed by atoms with Gasteiger partial charge in [0.1, 0.15) is 33.2 Å². The Morgan fingerprint density at radius 3 is 1.63 bits per heavy atom. The SMILES string of the molecule is COc1ccc(C(=O)NC2=NC(=Cc3[nH]c(NC(=O)c4ccc(OC)cc4)c(-c4nc5ccccc5s4)c3-c3ccccc3)C(c3ccccc3)=C2c2nc3ccccc3s2)cc1. The first kappa shape index (κ1) is 39.2. The smallest absolute Gasteiger partial charge is 0.256 e. The van der Waals surface area contributed by atoms with Gasteiger partial charge < -0.3 is 25.1 Å². The molecule has 0 radical (unpaired) electrons. The van der Waals surface area contributed by atoms with Crippen molar-refractivity contribution in [3.63, 3.8) is 0 Å². The van der Waals surface area contributed by atoms with Crippen LogP contribution in [0.5, 0.6) is 11.5 Å². The molecular weight excluding hydrogens is 825 g/mol. The summed E-state index contributed by atoms with van der Waals surface area (Å²) in [7, 11) is 3.18. The van der Waals surface area contributed by atoms with E-state index >= 15 is 0 Å². The van der Waals surface area contributed by atoms with Crippen LogP contribution in [0.25, 0.3) is 59.4 Å². The number of allylic oxidation sites excluding steroid dienone is 1. The van der Waals surface area contributed by atoms with Crippen molar-refractivity contribution in [2.75, 3.05) is 19.5 Å². The first-order chi connectivity index (χ1) is 30.9. The number of benzene rings is 6. The van der Waals surface area contributed by atoms with Crippen molar-refractivity contribution in [1.82, 2.24) is 20.3 Å². The normalized spacial score (nSPS) is 13.1. The van der Waals surface area contributed by atoms with Gasteiger partial charge in [0.25, 0.3) is 11.8 Å². The number of rotatable bonds is 10. The van der Waals surface area contributed by atoms with Crippen LogP contribution in [0.15, 0.2) is 168 Å². The summed E-state index contributed by atoms with van der Waals surface area (Å²) in [6.45, 7) is 0. The highest BCUT2D eigenvalue weighted by Gasteiger charge is 2.32. The molecule has 63 heavy (non-hydrogen) atoms. The Balaban J connectivity index is 1.21. The van der Waals surface area contributed by atoms with Gasteiger partial charge in [-0.15, -0.1) is 22.7 Å². The van der Waals surface area contributed by atoms with Crippen molar-refractivity contribution in [3.8, 4) is 33.2 Å².